The van der Waals surface area contributed by atoms with E-state index in [1.54, 1.807) is 11.8 Å². The van der Waals surface area contributed by atoms with Crippen molar-refractivity contribution in [1.29, 1.82) is 0 Å². The van der Waals surface area contributed by atoms with Crippen LogP contribution in [0.5, 0.6) is 5.75 Å². The van der Waals surface area contributed by atoms with Crippen LogP contribution in [0.15, 0.2) is 17.3 Å². The third-order valence-electron chi connectivity index (χ3n) is 15.1. The standard InChI is InChI=1S/C46H71N5O7S/c1-30-40(59-29-49-44(55)50-30)9-4-5-10-42(53)47-17-19-56-21-22-57-20-18-48-43(54)28-58-51-41-14-13-37-35-12-11-33-24-39(52)38(25-36(33)34(35)15-16-46(37,41)3)45(2)26-31-7-6-8-32(23-31)27-45/h24-25,30-32,34-35,37,40,52H,4-23,26-29H2,1-3H3,(H,47,53)(H,48,54)(H2,49,50,55)/b51-41+/t30?,31?,32?,34?,35?,37?,40?,45?,46-/m0/s1. The van der Waals surface area contributed by atoms with Crippen LogP contribution in [0.25, 0.3) is 0 Å². The highest BCUT2D eigenvalue weighted by atomic mass is 32.2. The minimum Gasteiger partial charge on any atom is -0.508 e. The summed E-state index contributed by atoms with van der Waals surface area (Å²) in [5, 5.41) is 27.8. The van der Waals surface area contributed by atoms with Crippen LogP contribution >= 0.6 is 11.8 Å². The van der Waals surface area contributed by atoms with Gasteiger partial charge >= 0.3 is 6.03 Å². The van der Waals surface area contributed by atoms with Crippen LogP contribution in [0.1, 0.15) is 140 Å². The maximum Gasteiger partial charge on any atom is 0.315 e. The number of benzene rings is 1. The molecule has 5 fully saturated rings. The topological polar surface area (TPSA) is 160 Å². The Bertz CT molecular complexity index is 1650. The number of urea groups is 1. The Balaban J connectivity index is 0.748. The normalized spacial score (nSPS) is 33.1. The molecular weight excluding hydrogens is 767 g/mol. The number of thioether (sulfide) groups is 1. The number of ether oxygens (including phenoxy) is 2. The highest BCUT2D eigenvalue weighted by molar-refractivity contribution is 7.99. The zero-order valence-electron chi connectivity index (χ0n) is 35.9. The monoisotopic (exact) mass is 838 g/mol. The lowest BCUT2D eigenvalue weighted by molar-refractivity contribution is -0.126. The summed E-state index contributed by atoms with van der Waals surface area (Å²) in [6.45, 7) is 9.15. The largest absolute Gasteiger partial charge is 0.508 e. The molecule has 59 heavy (non-hydrogen) atoms. The molecule has 4 amide bonds. The molecule has 1 aromatic carbocycles. The number of oxime groups is 1. The molecule has 1 heterocycles. The van der Waals surface area contributed by atoms with Crippen molar-refractivity contribution in [2.24, 2.45) is 34.2 Å². The van der Waals surface area contributed by atoms with Gasteiger partial charge in [0.1, 0.15) is 5.75 Å². The van der Waals surface area contributed by atoms with Gasteiger partial charge in [0.15, 0.2) is 6.61 Å². The van der Waals surface area contributed by atoms with Crippen LogP contribution in [0.4, 0.5) is 4.79 Å². The number of rotatable bonds is 18. The molecule has 8 atom stereocenters. The number of hydrogen-bond acceptors (Lipinski definition) is 9. The molecule has 1 aliphatic heterocycles. The first-order chi connectivity index (χ1) is 28.5. The molecular formula is C46H71N5O7S. The van der Waals surface area contributed by atoms with Gasteiger partial charge < -0.3 is 40.7 Å². The molecule has 0 radical (unpaired) electrons. The van der Waals surface area contributed by atoms with Crippen molar-refractivity contribution in [2.75, 3.05) is 52.0 Å². The molecule has 0 aromatic heterocycles. The third-order valence-corrected chi connectivity index (χ3v) is 16.5. The molecule has 12 nitrogen and oxygen atoms in total. The van der Waals surface area contributed by atoms with Crippen LogP contribution in [0.2, 0.25) is 0 Å². The first-order valence-electron chi connectivity index (χ1n) is 22.9. The Morgan fingerprint density at radius 3 is 2.46 bits per heavy atom. The van der Waals surface area contributed by atoms with E-state index in [1.165, 1.54) is 55.2 Å². The smallest absolute Gasteiger partial charge is 0.315 e. The highest BCUT2D eigenvalue weighted by Crippen LogP contribution is 2.61. The fourth-order valence-corrected chi connectivity index (χ4v) is 13.3. The van der Waals surface area contributed by atoms with Gasteiger partial charge in [0.25, 0.3) is 5.91 Å². The Morgan fingerprint density at radius 1 is 0.949 bits per heavy atom. The third kappa shape index (κ3) is 10.9. The van der Waals surface area contributed by atoms with Crippen LogP contribution in [-0.2, 0) is 35.7 Å². The number of carbonyl (C=O) groups is 3. The molecule has 4 saturated carbocycles. The van der Waals surface area contributed by atoms with E-state index in [9.17, 15) is 19.5 Å². The molecule has 5 N–H and O–H groups in total. The summed E-state index contributed by atoms with van der Waals surface area (Å²) < 4.78 is 11.2. The van der Waals surface area contributed by atoms with Gasteiger partial charge in [-0.1, -0.05) is 50.8 Å². The zero-order valence-corrected chi connectivity index (χ0v) is 36.7. The maximum absolute atomic E-state index is 12.5. The summed E-state index contributed by atoms with van der Waals surface area (Å²) in [6, 6.07) is 4.60. The van der Waals surface area contributed by atoms with E-state index in [2.05, 4.69) is 52.4 Å². The van der Waals surface area contributed by atoms with E-state index < -0.39 is 0 Å². The molecule has 328 valence electrons. The van der Waals surface area contributed by atoms with E-state index in [0.717, 1.165) is 75.3 Å². The number of fused-ring (bicyclic) bond motifs is 7. The number of nitrogens with zero attached hydrogens (tertiary/aromatic N) is 1. The van der Waals surface area contributed by atoms with Gasteiger partial charge in [0.2, 0.25) is 5.91 Å². The van der Waals surface area contributed by atoms with Crippen LogP contribution in [-0.4, -0.2) is 92.0 Å². The number of amides is 4. The highest BCUT2D eigenvalue weighted by Gasteiger charge is 2.54. The predicted octanol–water partition coefficient (Wildman–Crippen LogP) is 7.07. The second-order valence-corrected chi connectivity index (χ2v) is 20.3. The second-order valence-electron chi connectivity index (χ2n) is 19.1. The molecule has 1 aromatic rings. The Morgan fingerprint density at radius 2 is 1.69 bits per heavy atom. The van der Waals surface area contributed by atoms with E-state index in [4.69, 9.17) is 14.3 Å². The molecule has 7 unspecified atom stereocenters. The summed E-state index contributed by atoms with van der Waals surface area (Å²) in [6.07, 6.45) is 17.5. The van der Waals surface area contributed by atoms with Crippen LogP contribution < -0.4 is 21.3 Å². The minimum absolute atomic E-state index is 0.00323. The number of nitrogens with one attached hydrogen (secondary N) is 4. The van der Waals surface area contributed by atoms with Gasteiger partial charge in [0.05, 0.1) is 38.0 Å². The molecule has 0 spiro atoms. The summed E-state index contributed by atoms with van der Waals surface area (Å²) in [5.74, 6) is 4.27. The van der Waals surface area contributed by atoms with E-state index in [0.29, 0.717) is 80.6 Å². The SMILES string of the molecule is CC1NC(=O)NCSC1CCCCC(=O)NCCOCCOCCNC(=O)CO/N=C1\CCC2C3CCc4cc(O)c(C5(C)CC6CCCC(C6)C5)cc4C3CC[C@]12C. The van der Waals surface area contributed by atoms with Crippen molar-refractivity contribution in [3.05, 3.63) is 28.8 Å². The number of unbranched alkanes of at least 4 members (excludes halogenated alkanes) is 1. The van der Waals surface area contributed by atoms with Crippen molar-refractivity contribution in [1.82, 2.24) is 21.3 Å². The molecule has 1 saturated heterocycles. The van der Waals surface area contributed by atoms with E-state index in [1.807, 2.05) is 6.92 Å². The number of carbonyl (C=O) groups excluding carboxylic acids is 3. The number of hydrogen-bond donors (Lipinski definition) is 5. The molecule has 2 bridgehead atoms. The van der Waals surface area contributed by atoms with Gasteiger partial charge in [0, 0.05) is 41.8 Å². The zero-order chi connectivity index (χ0) is 41.4. The van der Waals surface area contributed by atoms with Gasteiger partial charge in [-0.05, 0) is 130 Å². The average molecular weight is 838 g/mol. The molecule has 6 aliphatic rings. The van der Waals surface area contributed by atoms with Gasteiger partial charge in [-0.3, -0.25) is 9.59 Å². The molecule has 7 rings (SSSR count). The number of phenolic OH excluding ortho intramolecular Hbond substituents is 1. The summed E-state index contributed by atoms with van der Waals surface area (Å²) in [4.78, 5) is 41.9. The second kappa shape index (κ2) is 20.2. The quantitative estimate of drug-likeness (QED) is 0.0777. The fraction of sp³-hybridized carbons (Fsp3) is 0.783. The summed E-state index contributed by atoms with van der Waals surface area (Å²) >= 11 is 1.74. The molecule has 13 heteroatoms. The van der Waals surface area contributed by atoms with Crippen LogP contribution in [0, 0.1) is 29.1 Å². The lowest BCUT2D eigenvalue weighted by atomic mass is 9.54. The van der Waals surface area contributed by atoms with E-state index in [-0.39, 0.29) is 41.3 Å². The Hall–Kier alpha value is -3.03. The fourth-order valence-electron chi connectivity index (χ4n) is 12.2. The average Bonchev–Trinajstić information content (AvgIpc) is 3.45. The number of phenols is 1. The molecule has 5 aliphatic carbocycles. The maximum atomic E-state index is 12.5. The van der Waals surface area contributed by atoms with Crippen molar-refractivity contribution in [3.63, 3.8) is 0 Å². The Kier molecular flexibility index (Phi) is 15.1. The lowest BCUT2D eigenvalue weighted by Crippen LogP contribution is -2.43. The predicted molar refractivity (Wildman–Crippen MR) is 232 cm³/mol. The van der Waals surface area contributed by atoms with Crippen molar-refractivity contribution in [2.45, 2.75) is 146 Å². The van der Waals surface area contributed by atoms with Gasteiger partial charge in [-0.2, -0.15) is 0 Å². The minimum atomic E-state index is -0.213. The summed E-state index contributed by atoms with van der Waals surface area (Å²) in [7, 11) is 0. The first-order valence-corrected chi connectivity index (χ1v) is 24.0. The van der Waals surface area contributed by atoms with Crippen molar-refractivity contribution >= 4 is 35.3 Å². The van der Waals surface area contributed by atoms with Crippen LogP contribution in [0.3, 0.4) is 0 Å². The summed E-state index contributed by atoms with van der Waals surface area (Å²) in [5.41, 5.74) is 5.27. The van der Waals surface area contributed by atoms with E-state index >= 15 is 0 Å². The van der Waals surface area contributed by atoms with Gasteiger partial charge in [-0.25, -0.2) is 4.79 Å². The Labute approximate surface area is 356 Å². The lowest BCUT2D eigenvalue weighted by Gasteiger charge is -2.50. The van der Waals surface area contributed by atoms with Crippen molar-refractivity contribution in [3.8, 4) is 5.75 Å². The number of aromatic hydroxyl groups is 1. The first kappa shape index (κ1) is 44.0. The van der Waals surface area contributed by atoms with Crippen molar-refractivity contribution < 1.29 is 33.8 Å². The number of aryl methyl sites for hydroxylation is 1. The van der Waals surface area contributed by atoms with Gasteiger partial charge in [-0.15, -0.1) is 11.8 Å².